The first kappa shape index (κ1) is 16.3. The molecule has 1 nitrogen and oxygen atoms in total. The molecule has 0 amide bonds. The molecule has 0 radical (unpaired) electrons. The second kappa shape index (κ2) is 7.77. The summed E-state index contributed by atoms with van der Waals surface area (Å²) in [5, 5.41) is 3.66. The van der Waals surface area contributed by atoms with Crippen molar-refractivity contribution in [1.29, 1.82) is 0 Å². The summed E-state index contributed by atoms with van der Waals surface area (Å²) in [6.07, 6.45) is 7.45. The van der Waals surface area contributed by atoms with Crippen LogP contribution in [0.15, 0.2) is 16.6 Å². The minimum atomic E-state index is -0.281. The van der Waals surface area contributed by atoms with Crippen molar-refractivity contribution in [3.63, 3.8) is 0 Å². The molecule has 112 valence electrons. The summed E-state index contributed by atoms with van der Waals surface area (Å²) in [6, 6.07) is 3.79. The standard InChI is InChI=1S/C16H22BrClFN/c1-2-20-16(11-7-5-3-4-6-8-11)12-9-10-13(17)14(18)15(12)19/h9-11,16,20H,2-8H2,1H3. The van der Waals surface area contributed by atoms with Crippen molar-refractivity contribution in [2.45, 2.75) is 51.5 Å². The summed E-state index contributed by atoms with van der Waals surface area (Å²) >= 11 is 9.33. The van der Waals surface area contributed by atoms with Crippen LogP contribution < -0.4 is 5.32 Å². The van der Waals surface area contributed by atoms with Gasteiger partial charge >= 0.3 is 0 Å². The average molecular weight is 363 g/mol. The lowest BCUT2D eigenvalue weighted by Gasteiger charge is -2.28. The van der Waals surface area contributed by atoms with Gasteiger partial charge in [-0.3, -0.25) is 0 Å². The molecule has 4 heteroatoms. The van der Waals surface area contributed by atoms with Gasteiger partial charge in [-0.05, 0) is 47.3 Å². The Labute approximate surface area is 134 Å². The van der Waals surface area contributed by atoms with Crippen LogP contribution in [-0.4, -0.2) is 6.54 Å². The highest BCUT2D eigenvalue weighted by atomic mass is 79.9. The summed E-state index contributed by atoms with van der Waals surface area (Å²) in [5.41, 5.74) is 0.715. The number of benzene rings is 1. The van der Waals surface area contributed by atoms with Crippen LogP contribution in [0, 0.1) is 11.7 Å². The molecular formula is C16H22BrClFN. The fourth-order valence-corrected chi connectivity index (χ4v) is 3.65. The van der Waals surface area contributed by atoms with Gasteiger partial charge in [-0.15, -0.1) is 0 Å². The zero-order valence-corrected chi connectivity index (χ0v) is 14.2. The third-order valence-electron chi connectivity index (χ3n) is 4.20. The molecular weight excluding hydrogens is 341 g/mol. The molecule has 1 aromatic carbocycles. The number of hydrogen-bond acceptors (Lipinski definition) is 1. The lowest BCUT2D eigenvalue weighted by Crippen LogP contribution is -2.29. The number of nitrogens with one attached hydrogen (secondary N) is 1. The topological polar surface area (TPSA) is 12.0 Å². The van der Waals surface area contributed by atoms with Crippen LogP contribution in [-0.2, 0) is 0 Å². The molecule has 1 unspecified atom stereocenters. The van der Waals surface area contributed by atoms with Crippen LogP contribution in [0.3, 0.4) is 0 Å². The van der Waals surface area contributed by atoms with E-state index in [1.807, 2.05) is 12.1 Å². The third kappa shape index (κ3) is 3.75. The van der Waals surface area contributed by atoms with Crippen LogP contribution in [0.2, 0.25) is 5.02 Å². The molecule has 1 atom stereocenters. The van der Waals surface area contributed by atoms with Crippen molar-refractivity contribution in [3.05, 3.63) is 33.0 Å². The Morgan fingerprint density at radius 3 is 2.55 bits per heavy atom. The number of rotatable bonds is 4. The fourth-order valence-electron chi connectivity index (χ4n) is 3.18. The molecule has 1 N–H and O–H groups in total. The lowest BCUT2D eigenvalue weighted by atomic mass is 9.87. The Morgan fingerprint density at radius 1 is 1.30 bits per heavy atom. The molecule has 1 saturated carbocycles. The second-order valence-electron chi connectivity index (χ2n) is 5.55. The van der Waals surface area contributed by atoms with Gasteiger partial charge in [0.15, 0.2) is 0 Å². The van der Waals surface area contributed by atoms with E-state index in [1.165, 1.54) is 38.5 Å². The van der Waals surface area contributed by atoms with Crippen LogP contribution in [0.4, 0.5) is 4.39 Å². The number of hydrogen-bond donors (Lipinski definition) is 1. The molecule has 0 spiro atoms. The Bertz CT molecular complexity index is 444. The molecule has 0 aliphatic heterocycles. The Morgan fingerprint density at radius 2 is 1.95 bits per heavy atom. The van der Waals surface area contributed by atoms with E-state index in [0.29, 0.717) is 16.0 Å². The second-order valence-corrected chi connectivity index (χ2v) is 6.78. The van der Waals surface area contributed by atoms with Gasteiger partial charge in [0.05, 0.1) is 5.02 Å². The van der Waals surface area contributed by atoms with E-state index < -0.39 is 0 Å². The average Bonchev–Trinajstić information content (AvgIpc) is 2.72. The Hall–Kier alpha value is -0.120. The first-order chi connectivity index (χ1) is 9.65. The largest absolute Gasteiger partial charge is 0.310 e. The first-order valence-electron chi connectivity index (χ1n) is 7.52. The van der Waals surface area contributed by atoms with Crippen molar-refractivity contribution < 1.29 is 4.39 Å². The molecule has 0 bridgehead atoms. The van der Waals surface area contributed by atoms with Gasteiger partial charge in [-0.2, -0.15) is 0 Å². The van der Waals surface area contributed by atoms with Crippen molar-refractivity contribution in [2.24, 2.45) is 5.92 Å². The van der Waals surface area contributed by atoms with E-state index in [-0.39, 0.29) is 16.9 Å². The van der Waals surface area contributed by atoms with Crippen LogP contribution in [0.5, 0.6) is 0 Å². The van der Waals surface area contributed by atoms with E-state index in [0.717, 1.165) is 6.54 Å². The van der Waals surface area contributed by atoms with Crippen molar-refractivity contribution in [1.82, 2.24) is 5.32 Å². The zero-order chi connectivity index (χ0) is 14.5. The number of halogens is 3. The minimum Gasteiger partial charge on any atom is -0.310 e. The monoisotopic (exact) mass is 361 g/mol. The van der Waals surface area contributed by atoms with E-state index in [9.17, 15) is 4.39 Å². The molecule has 1 aliphatic carbocycles. The highest BCUT2D eigenvalue weighted by Crippen LogP contribution is 2.37. The summed E-state index contributed by atoms with van der Waals surface area (Å²) in [6.45, 7) is 2.91. The van der Waals surface area contributed by atoms with Gasteiger partial charge in [0, 0.05) is 16.1 Å². The van der Waals surface area contributed by atoms with Gasteiger partial charge in [-0.25, -0.2) is 4.39 Å². The maximum Gasteiger partial charge on any atom is 0.147 e. The summed E-state index contributed by atoms with van der Waals surface area (Å²) < 4.78 is 15.1. The quantitative estimate of drug-likeness (QED) is 0.522. The summed E-state index contributed by atoms with van der Waals surface area (Å²) in [7, 11) is 0. The van der Waals surface area contributed by atoms with Crippen molar-refractivity contribution in [3.8, 4) is 0 Å². The van der Waals surface area contributed by atoms with Gasteiger partial charge < -0.3 is 5.32 Å². The molecule has 1 aromatic rings. The lowest BCUT2D eigenvalue weighted by molar-refractivity contribution is 0.322. The molecule has 2 rings (SSSR count). The van der Waals surface area contributed by atoms with Crippen molar-refractivity contribution >= 4 is 27.5 Å². The van der Waals surface area contributed by atoms with Gasteiger partial charge in [0.1, 0.15) is 5.82 Å². The Balaban J connectivity index is 2.29. The molecule has 20 heavy (non-hydrogen) atoms. The third-order valence-corrected chi connectivity index (χ3v) is 5.45. The zero-order valence-electron chi connectivity index (χ0n) is 11.9. The molecule has 1 fully saturated rings. The van der Waals surface area contributed by atoms with Gasteiger partial charge in [0.2, 0.25) is 0 Å². The van der Waals surface area contributed by atoms with Crippen LogP contribution in [0.1, 0.15) is 57.1 Å². The fraction of sp³-hybridized carbons (Fsp3) is 0.625. The first-order valence-corrected chi connectivity index (χ1v) is 8.69. The molecule has 0 aromatic heterocycles. The molecule has 0 saturated heterocycles. The molecule has 0 heterocycles. The minimum absolute atomic E-state index is 0.0729. The maximum absolute atomic E-state index is 14.5. The van der Waals surface area contributed by atoms with Gasteiger partial charge in [0.25, 0.3) is 0 Å². The van der Waals surface area contributed by atoms with E-state index in [1.54, 1.807) is 0 Å². The molecule has 1 aliphatic rings. The predicted molar refractivity (Wildman–Crippen MR) is 86.7 cm³/mol. The van der Waals surface area contributed by atoms with E-state index in [4.69, 9.17) is 11.6 Å². The van der Waals surface area contributed by atoms with E-state index in [2.05, 4.69) is 28.2 Å². The van der Waals surface area contributed by atoms with E-state index >= 15 is 0 Å². The van der Waals surface area contributed by atoms with Crippen LogP contribution in [0.25, 0.3) is 0 Å². The smallest absolute Gasteiger partial charge is 0.147 e. The predicted octanol–water partition coefficient (Wildman–Crippen LogP) is 5.86. The Kier molecular flexibility index (Phi) is 6.31. The highest BCUT2D eigenvalue weighted by Gasteiger charge is 2.27. The highest BCUT2D eigenvalue weighted by molar-refractivity contribution is 9.10. The van der Waals surface area contributed by atoms with Gasteiger partial charge in [-0.1, -0.05) is 50.3 Å². The van der Waals surface area contributed by atoms with Crippen molar-refractivity contribution in [2.75, 3.05) is 6.54 Å². The SMILES string of the molecule is CCNC(c1ccc(Br)c(Cl)c1F)C1CCCCCC1. The summed E-state index contributed by atoms with van der Waals surface area (Å²) in [5.74, 6) is 0.223. The maximum atomic E-state index is 14.5. The van der Waals surface area contributed by atoms with Crippen LogP contribution >= 0.6 is 27.5 Å². The summed E-state index contributed by atoms with van der Waals surface area (Å²) in [4.78, 5) is 0. The normalized spacial score (nSPS) is 18.8.